The van der Waals surface area contributed by atoms with E-state index in [2.05, 4.69) is 11.1 Å². The van der Waals surface area contributed by atoms with Crippen LogP contribution in [0.2, 0.25) is 10.0 Å². The normalized spacial score (nSPS) is 10.3. The molecule has 2 N–H and O–H groups in total. The van der Waals surface area contributed by atoms with Gasteiger partial charge in [-0.05, 0) is 42.0 Å². The van der Waals surface area contributed by atoms with E-state index >= 15 is 0 Å². The van der Waals surface area contributed by atoms with Crippen molar-refractivity contribution >= 4 is 29.0 Å². The summed E-state index contributed by atoms with van der Waals surface area (Å²) in [7, 11) is 1.60. The number of pyridine rings is 1. The van der Waals surface area contributed by atoms with Gasteiger partial charge in [0, 0.05) is 16.1 Å². The summed E-state index contributed by atoms with van der Waals surface area (Å²) in [6, 6.07) is 16.4. The summed E-state index contributed by atoms with van der Waals surface area (Å²) in [6.45, 7) is 0. The van der Waals surface area contributed by atoms with Gasteiger partial charge >= 0.3 is 0 Å². The Morgan fingerprint density at radius 2 is 1.76 bits per heavy atom. The lowest BCUT2D eigenvalue weighted by atomic mass is 9.98. The Morgan fingerprint density at radius 1 is 1.04 bits per heavy atom. The highest BCUT2D eigenvalue weighted by Gasteiger charge is 2.15. The van der Waals surface area contributed by atoms with Crippen molar-refractivity contribution < 1.29 is 4.74 Å². The third-order valence-corrected chi connectivity index (χ3v) is 4.33. The highest BCUT2D eigenvalue weighted by atomic mass is 35.5. The predicted molar refractivity (Wildman–Crippen MR) is 101 cm³/mol. The first-order valence-corrected chi connectivity index (χ1v) is 8.09. The minimum atomic E-state index is 0.141. The maximum absolute atomic E-state index is 9.48. The molecule has 0 unspecified atom stereocenters. The van der Waals surface area contributed by atoms with Gasteiger partial charge in [0.1, 0.15) is 23.2 Å². The number of methoxy groups -OCH3 is 1. The zero-order chi connectivity index (χ0) is 18.0. The van der Waals surface area contributed by atoms with Crippen LogP contribution in [0.25, 0.3) is 22.4 Å². The van der Waals surface area contributed by atoms with Crippen LogP contribution in [0.4, 0.5) is 5.82 Å². The van der Waals surface area contributed by atoms with Crippen molar-refractivity contribution in [3.8, 4) is 34.2 Å². The number of aromatic nitrogens is 1. The number of anilines is 1. The summed E-state index contributed by atoms with van der Waals surface area (Å²) >= 11 is 12.3. The molecule has 3 aromatic rings. The van der Waals surface area contributed by atoms with Crippen molar-refractivity contribution in [1.82, 2.24) is 4.98 Å². The van der Waals surface area contributed by atoms with Gasteiger partial charge in [-0.15, -0.1) is 0 Å². The molecule has 0 aliphatic carbocycles. The van der Waals surface area contributed by atoms with Crippen LogP contribution in [0.5, 0.6) is 5.75 Å². The van der Waals surface area contributed by atoms with Crippen LogP contribution in [0.15, 0.2) is 48.5 Å². The molecule has 0 aliphatic heterocycles. The summed E-state index contributed by atoms with van der Waals surface area (Å²) < 4.78 is 5.17. The molecule has 0 aliphatic rings. The van der Waals surface area contributed by atoms with E-state index in [-0.39, 0.29) is 5.82 Å². The molecule has 1 heterocycles. The summed E-state index contributed by atoms with van der Waals surface area (Å²) in [5, 5.41) is 10.5. The highest BCUT2D eigenvalue weighted by molar-refractivity contribution is 6.35. The molecule has 1 aromatic heterocycles. The molecular formula is C19H13Cl2N3O. The minimum Gasteiger partial charge on any atom is -0.497 e. The van der Waals surface area contributed by atoms with Crippen LogP contribution in [0.1, 0.15) is 5.56 Å². The molecule has 6 heteroatoms. The summed E-state index contributed by atoms with van der Waals surface area (Å²) in [5.41, 5.74) is 9.03. The van der Waals surface area contributed by atoms with E-state index < -0.39 is 0 Å². The second kappa shape index (κ2) is 7.02. The van der Waals surface area contributed by atoms with Gasteiger partial charge < -0.3 is 10.5 Å². The van der Waals surface area contributed by atoms with Crippen molar-refractivity contribution in [3.05, 3.63) is 64.1 Å². The first-order chi connectivity index (χ1) is 12.0. The van der Waals surface area contributed by atoms with Gasteiger partial charge in [0.05, 0.1) is 17.8 Å². The SMILES string of the molecule is COc1ccc(-c2cc(-c3cc(Cl)ccc3Cl)nc(N)c2C#N)cc1. The summed E-state index contributed by atoms with van der Waals surface area (Å²) in [4.78, 5) is 4.32. The number of hydrogen-bond acceptors (Lipinski definition) is 4. The van der Waals surface area contributed by atoms with Crippen LogP contribution < -0.4 is 10.5 Å². The van der Waals surface area contributed by atoms with Gasteiger partial charge in [0.15, 0.2) is 0 Å². The number of halogens is 2. The number of hydrogen-bond donors (Lipinski definition) is 1. The van der Waals surface area contributed by atoms with Gasteiger partial charge in [-0.25, -0.2) is 4.98 Å². The molecule has 0 amide bonds. The van der Waals surface area contributed by atoms with Gasteiger partial charge in [-0.1, -0.05) is 35.3 Å². The molecule has 4 nitrogen and oxygen atoms in total. The molecule has 124 valence electrons. The molecule has 0 bridgehead atoms. The summed E-state index contributed by atoms with van der Waals surface area (Å²) in [5.74, 6) is 0.865. The number of benzene rings is 2. The first-order valence-electron chi connectivity index (χ1n) is 7.34. The van der Waals surface area contributed by atoms with Crippen LogP contribution in [-0.2, 0) is 0 Å². The molecule has 0 fully saturated rings. The number of nitriles is 1. The fraction of sp³-hybridized carbons (Fsp3) is 0.0526. The highest BCUT2D eigenvalue weighted by Crippen LogP contribution is 2.35. The van der Waals surface area contributed by atoms with Gasteiger partial charge in [-0.3, -0.25) is 0 Å². The van der Waals surface area contributed by atoms with E-state index in [1.807, 2.05) is 24.3 Å². The minimum absolute atomic E-state index is 0.141. The largest absolute Gasteiger partial charge is 0.497 e. The van der Waals surface area contributed by atoms with Crippen molar-refractivity contribution in [3.63, 3.8) is 0 Å². The molecule has 2 aromatic carbocycles. The Hall–Kier alpha value is -2.74. The fourth-order valence-electron chi connectivity index (χ4n) is 2.51. The van der Waals surface area contributed by atoms with E-state index in [0.717, 1.165) is 11.3 Å². The maximum atomic E-state index is 9.48. The smallest absolute Gasteiger partial charge is 0.142 e. The Balaban J connectivity index is 2.22. The standard InChI is InChI=1S/C19H13Cl2N3O/c1-25-13-5-2-11(3-6-13)14-9-18(24-19(23)16(14)10-22)15-8-12(20)4-7-17(15)21/h2-9H,1H3,(H2,23,24). The average molecular weight is 370 g/mol. The predicted octanol–water partition coefficient (Wildman–Crippen LogP) is 5.18. The number of rotatable bonds is 3. The first kappa shape index (κ1) is 17.1. The van der Waals surface area contributed by atoms with E-state index in [1.54, 1.807) is 31.4 Å². The van der Waals surface area contributed by atoms with Gasteiger partial charge in [0.2, 0.25) is 0 Å². The van der Waals surface area contributed by atoms with Crippen molar-refractivity contribution in [2.24, 2.45) is 0 Å². The maximum Gasteiger partial charge on any atom is 0.142 e. The molecule has 3 rings (SSSR count). The number of nitrogens with two attached hydrogens (primary N) is 1. The monoisotopic (exact) mass is 369 g/mol. The Bertz CT molecular complexity index is 979. The van der Waals surface area contributed by atoms with Crippen LogP contribution in [-0.4, -0.2) is 12.1 Å². The lowest BCUT2D eigenvalue weighted by molar-refractivity contribution is 0.415. The number of ether oxygens (including phenoxy) is 1. The van der Waals surface area contributed by atoms with E-state index in [9.17, 15) is 5.26 Å². The topological polar surface area (TPSA) is 71.9 Å². The zero-order valence-electron chi connectivity index (χ0n) is 13.3. The Morgan fingerprint density at radius 3 is 2.40 bits per heavy atom. The average Bonchev–Trinajstić information content (AvgIpc) is 2.63. The molecular weight excluding hydrogens is 357 g/mol. The molecule has 25 heavy (non-hydrogen) atoms. The van der Waals surface area contributed by atoms with Crippen molar-refractivity contribution in [2.45, 2.75) is 0 Å². The quantitative estimate of drug-likeness (QED) is 0.689. The second-order valence-corrected chi connectivity index (χ2v) is 6.12. The molecule has 0 radical (unpaired) electrons. The number of nitrogens with zero attached hydrogens (tertiary/aromatic N) is 2. The number of nitrogen functional groups attached to an aromatic ring is 1. The van der Waals surface area contributed by atoms with Gasteiger partial charge in [0.25, 0.3) is 0 Å². The van der Waals surface area contributed by atoms with Crippen LogP contribution >= 0.6 is 23.2 Å². The van der Waals surface area contributed by atoms with Crippen LogP contribution in [0, 0.1) is 11.3 Å². The molecule has 0 spiro atoms. The fourth-order valence-corrected chi connectivity index (χ4v) is 2.90. The Labute approximate surface area is 155 Å². The lowest BCUT2D eigenvalue weighted by Gasteiger charge is -2.12. The molecule has 0 saturated carbocycles. The van der Waals surface area contributed by atoms with Crippen molar-refractivity contribution in [2.75, 3.05) is 12.8 Å². The third-order valence-electron chi connectivity index (χ3n) is 3.76. The third kappa shape index (κ3) is 3.39. The lowest BCUT2D eigenvalue weighted by Crippen LogP contribution is -2.00. The summed E-state index contributed by atoms with van der Waals surface area (Å²) in [6.07, 6.45) is 0. The molecule has 0 saturated heterocycles. The second-order valence-electron chi connectivity index (χ2n) is 5.28. The van der Waals surface area contributed by atoms with E-state index in [0.29, 0.717) is 32.4 Å². The zero-order valence-corrected chi connectivity index (χ0v) is 14.8. The van der Waals surface area contributed by atoms with E-state index in [4.69, 9.17) is 33.7 Å². The Kier molecular flexibility index (Phi) is 4.80. The van der Waals surface area contributed by atoms with Gasteiger partial charge in [-0.2, -0.15) is 5.26 Å². The van der Waals surface area contributed by atoms with Crippen LogP contribution in [0.3, 0.4) is 0 Å². The van der Waals surface area contributed by atoms with E-state index in [1.165, 1.54) is 0 Å². The molecule has 0 atom stereocenters. The van der Waals surface area contributed by atoms with Crippen molar-refractivity contribution in [1.29, 1.82) is 5.26 Å².